The highest BCUT2D eigenvalue weighted by molar-refractivity contribution is 9.11. The smallest absolute Gasteiger partial charge is 0.338 e. The number of carbonyl (C=O) groups excluding carboxylic acids is 2. The number of rotatable bonds is 6. The van der Waals surface area contributed by atoms with Crippen LogP contribution in [0.1, 0.15) is 22.8 Å². The third-order valence-electron chi connectivity index (χ3n) is 4.99. The monoisotopic (exact) mass is 534 g/mol. The molecule has 0 fully saturated rings. The fourth-order valence-corrected chi connectivity index (χ4v) is 6.62. The van der Waals surface area contributed by atoms with Crippen LogP contribution in [0.3, 0.4) is 0 Å². The van der Waals surface area contributed by atoms with Crippen LogP contribution in [0.5, 0.6) is 0 Å². The Balaban J connectivity index is 1.37. The second-order valence-electron chi connectivity index (χ2n) is 7.26. The Morgan fingerprint density at radius 2 is 1.84 bits per heavy atom. The number of anilines is 2. The first-order valence-electron chi connectivity index (χ1n) is 9.70. The number of thiophene rings is 1. The van der Waals surface area contributed by atoms with Crippen LogP contribution in [0, 0.1) is 0 Å². The number of fused-ring (bicyclic) bond motifs is 1. The number of nitrogens with zero attached hydrogens (tertiary/aromatic N) is 1. The van der Waals surface area contributed by atoms with E-state index in [1.54, 1.807) is 11.0 Å². The Labute approximate surface area is 198 Å². The number of para-hydroxylation sites is 1. The van der Waals surface area contributed by atoms with Gasteiger partial charge < -0.3 is 9.64 Å². The van der Waals surface area contributed by atoms with Crippen molar-refractivity contribution < 1.29 is 22.7 Å². The van der Waals surface area contributed by atoms with E-state index in [2.05, 4.69) is 20.7 Å². The van der Waals surface area contributed by atoms with Crippen molar-refractivity contribution in [1.82, 2.24) is 0 Å². The van der Waals surface area contributed by atoms with Crippen LogP contribution in [0.4, 0.5) is 11.4 Å². The largest absolute Gasteiger partial charge is 0.452 e. The maximum absolute atomic E-state index is 12.7. The summed E-state index contributed by atoms with van der Waals surface area (Å²) in [5.41, 5.74) is 2.46. The first kappa shape index (κ1) is 22.5. The first-order chi connectivity index (χ1) is 15.2. The van der Waals surface area contributed by atoms with Crippen LogP contribution < -0.4 is 9.62 Å². The zero-order chi connectivity index (χ0) is 22.9. The minimum Gasteiger partial charge on any atom is -0.452 e. The number of carbonyl (C=O) groups is 2. The minimum absolute atomic E-state index is 0.00474. The lowest BCUT2D eigenvalue weighted by atomic mass is 10.1. The highest BCUT2D eigenvalue weighted by atomic mass is 79.9. The molecule has 1 unspecified atom stereocenters. The maximum atomic E-state index is 12.7. The van der Waals surface area contributed by atoms with E-state index in [0.29, 0.717) is 9.47 Å². The topological polar surface area (TPSA) is 92.8 Å². The van der Waals surface area contributed by atoms with Crippen molar-refractivity contribution in [3.05, 3.63) is 75.6 Å². The van der Waals surface area contributed by atoms with Gasteiger partial charge in [-0.2, -0.15) is 0 Å². The predicted molar refractivity (Wildman–Crippen MR) is 127 cm³/mol. The van der Waals surface area contributed by atoms with E-state index < -0.39 is 16.0 Å². The predicted octanol–water partition coefficient (Wildman–Crippen LogP) is 4.45. The molecule has 0 aliphatic carbocycles. The van der Waals surface area contributed by atoms with Gasteiger partial charge in [0.1, 0.15) is 4.21 Å². The SMILES string of the molecule is CC1Cc2ccccc2N1C(=O)COC(=O)c1ccc(NS(=O)(=O)c2ccc(Br)s2)cc1. The van der Waals surface area contributed by atoms with Crippen LogP contribution in [-0.4, -0.2) is 32.9 Å². The quantitative estimate of drug-likeness (QED) is 0.471. The molecule has 0 saturated carbocycles. The summed E-state index contributed by atoms with van der Waals surface area (Å²) in [6.45, 7) is 1.58. The van der Waals surface area contributed by atoms with Crippen molar-refractivity contribution in [2.24, 2.45) is 0 Å². The van der Waals surface area contributed by atoms with Gasteiger partial charge in [-0.15, -0.1) is 11.3 Å². The van der Waals surface area contributed by atoms with Gasteiger partial charge in [0.15, 0.2) is 6.61 Å². The molecule has 1 aliphatic heterocycles. The normalized spacial score (nSPS) is 15.3. The highest BCUT2D eigenvalue weighted by Gasteiger charge is 2.31. The number of sulfonamides is 1. The van der Waals surface area contributed by atoms with E-state index >= 15 is 0 Å². The molecule has 1 aromatic heterocycles. The number of halogens is 1. The fraction of sp³-hybridized carbons (Fsp3) is 0.182. The molecule has 32 heavy (non-hydrogen) atoms. The molecule has 2 heterocycles. The van der Waals surface area contributed by atoms with Crippen molar-refractivity contribution in [2.75, 3.05) is 16.2 Å². The molecular formula is C22H19BrN2O5S2. The van der Waals surface area contributed by atoms with Crippen LogP contribution in [-0.2, 0) is 26.0 Å². The second-order valence-corrected chi connectivity index (χ2v) is 11.6. The Bertz CT molecular complexity index is 1270. The minimum atomic E-state index is -3.71. The average molecular weight is 535 g/mol. The molecule has 10 heteroatoms. The number of ether oxygens (including phenoxy) is 1. The molecule has 0 bridgehead atoms. The molecule has 166 valence electrons. The number of hydrogen-bond acceptors (Lipinski definition) is 6. The molecule has 2 aromatic carbocycles. The van der Waals surface area contributed by atoms with Crippen molar-refractivity contribution in [1.29, 1.82) is 0 Å². The molecule has 0 radical (unpaired) electrons. The lowest BCUT2D eigenvalue weighted by Gasteiger charge is -2.22. The Hall–Kier alpha value is -2.69. The summed E-state index contributed by atoms with van der Waals surface area (Å²) in [4.78, 5) is 26.7. The van der Waals surface area contributed by atoms with E-state index in [0.717, 1.165) is 29.0 Å². The molecule has 3 aromatic rings. The standard InChI is InChI=1S/C22H19BrN2O5S2/c1-14-12-16-4-2-3-5-18(16)25(14)20(26)13-30-22(27)15-6-8-17(9-7-15)24-32(28,29)21-11-10-19(23)31-21/h2-11,14,24H,12-13H2,1H3. The summed E-state index contributed by atoms with van der Waals surface area (Å²) in [7, 11) is -3.71. The van der Waals surface area contributed by atoms with E-state index in [1.807, 2.05) is 31.2 Å². The summed E-state index contributed by atoms with van der Waals surface area (Å²) in [6.07, 6.45) is 0.760. The average Bonchev–Trinajstić information content (AvgIpc) is 3.35. The molecule has 1 aliphatic rings. The van der Waals surface area contributed by atoms with E-state index in [4.69, 9.17) is 4.74 Å². The number of esters is 1. The first-order valence-corrected chi connectivity index (χ1v) is 12.8. The number of hydrogen-bond donors (Lipinski definition) is 1. The van der Waals surface area contributed by atoms with Crippen molar-refractivity contribution in [3.8, 4) is 0 Å². The Morgan fingerprint density at radius 1 is 1.12 bits per heavy atom. The molecule has 1 N–H and O–H groups in total. The lowest BCUT2D eigenvalue weighted by molar-refractivity contribution is -0.122. The van der Waals surface area contributed by atoms with Gasteiger partial charge in [0, 0.05) is 17.4 Å². The van der Waals surface area contributed by atoms with E-state index in [-0.39, 0.29) is 28.3 Å². The third kappa shape index (κ3) is 4.72. The molecule has 1 amide bonds. The Kier molecular flexibility index (Phi) is 6.36. The van der Waals surface area contributed by atoms with Gasteiger partial charge in [0.2, 0.25) is 0 Å². The van der Waals surface area contributed by atoms with Gasteiger partial charge in [-0.3, -0.25) is 9.52 Å². The van der Waals surface area contributed by atoms with E-state index in [9.17, 15) is 18.0 Å². The summed E-state index contributed by atoms with van der Waals surface area (Å²) >= 11 is 4.33. The zero-order valence-corrected chi connectivity index (χ0v) is 20.2. The summed E-state index contributed by atoms with van der Waals surface area (Å²) in [5.74, 6) is -0.947. The second kappa shape index (κ2) is 9.05. The van der Waals surface area contributed by atoms with Crippen molar-refractivity contribution in [2.45, 2.75) is 23.6 Å². The molecular weight excluding hydrogens is 516 g/mol. The van der Waals surface area contributed by atoms with Crippen LogP contribution in [0.2, 0.25) is 0 Å². The van der Waals surface area contributed by atoms with Crippen molar-refractivity contribution in [3.63, 3.8) is 0 Å². The number of benzene rings is 2. The number of nitrogens with one attached hydrogen (secondary N) is 1. The van der Waals surface area contributed by atoms with Gasteiger partial charge in [-0.25, -0.2) is 13.2 Å². The van der Waals surface area contributed by atoms with Gasteiger partial charge in [-0.1, -0.05) is 18.2 Å². The zero-order valence-electron chi connectivity index (χ0n) is 16.9. The van der Waals surface area contributed by atoms with Gasteiger partial charge in [0.25, 0.3) is 15.9 Å². The summed E-state index contributed by atoms with van der Waals surface area (Å²) in [5, 5.41) is 0. The maximum Gasteiger partial charge on any atom is 0.338 e. The molecule has 0 spiro atoms. The van der Waals surface area contributed by atoms with Crippen molar-refractivity contribution >= 4 is 60.5 Å². The Morgan fingerprint density at radius 3 is 2.53 bits per heavy atom. The van der Waals surface area contributed by atoms with Gasteiger partial charge >= 0.3 is 5.97 Å². The summed E-state index contributed by atoms with van der Waals surface area (Å²) < 4.78 is 33.3. The third-order valence-corrected chi connectivity index (χ3v) is 8.49. The molecule has 1 atom stereocenters. The van der Waals surface area contributed by atoms with Gasteiger partial charge in [-0.05, 0) is 77.3 Å². The van der Waals surface area contributed by atoms with Crippen LogP contribution >= 0.6 is 27.3 Å². The highest BCUT2D eigenvalue weighted by Crippen LogP contribution is 2.32. The molecule has 7 nitrogen and oxygen atoms in total. The lowest BCUT2D eigenvalue weighted by Crippen LogP contribution is -2.38. The fourth-order valence-electron chi connectivity index (χ4n) is 3.55. The van der Waals surface area contributed by atoms with Crippen LogP contribution in [0.25, 0.3) is 0 Å². The summed E-state index contributed by atoms with van der Waals surface area (Å²) in [6, 6.07) is 16.7. The van der Waals surface area contributed by atoms with E-state index in [1.165, 1.54) is 30.3 Å². The molecule has 0 saturated heterocycles. The molecule has 4 rings (SSSR count). The van der Waals surface area contributed by atoms with Crippen LogP contribution in [0.15, 0.2) is 68.7 Å². The number of amides is 1. The van der Waals surface area contributed by atoms with Gasteiger partial charge in [0.05, 0.1) is 9.35 Å².